The van der Waals surface area contributed by atoms with Crippen LogP contribution in [0.2, 0.25) is 0 Å². The smallest absolute Gasteiger partial charge is 0.308 e. The van der Waals surface area contributed by atoms with Gasteiger partial charge in [0, 0.05) is 6.42 Å². The third-order valence-corrected chi connectivity index (χ3v) is 7.56. The van der Waals surface area contributed by atoms with Crippen molar-refractivity contribution in [1.82, 2.24) is 0 Å². The number of aliphatic hydroxyl groups is 1. The summed E-state index contributed by atoms with van der Waals surface area (Å²) >= 11 is 0. The van der Waals surface area contributed by atoms with Crippen LogP contribution in [0.3, 0.4) is 0 Å². The van der Waals surface area contributed by atoms with E-state index in [9.17, 15) is 9.90 Å². The lowest BCUT2D eigenvalue weighted by Gasteiger charge is -2.46. The summed E-state index contributed by atoms with van der Waals surface area (Å²) in [6, 6.07) is 10.0. The molecule has 7 atom stereocenters. The minimum Gasteiger partial charge on any atom is -0.462 e. The fraction of sp³-hybridized carbons (Fsp3) is 0.692. The number of aliphatic hydroxyl groups excluding tert-OH is 1. The molecule has 31 heavy (non-hydrogen) atoms. The molecule has 1 radical (unpaired) electrons. The van der Waals surface area contributed by atoms with Gasteiger partial charge in [-0.1, -0.05) is 43.7 Å². The predicted molar refractivity (Wildman–Crippen MR) is 118 cm³/mol. The first-order valence-corrected chi connectivity index (χ1v) is 12.0. The second kappa shape index (κ2) is 10.9. The van der Waals surface area contributed by atoms with Crippen LogP contribution in [0.4, 0.5) is 0 Å². The molecule has 3 aliphatic rings. The third-order valence-electron chi connectivity index (χ3n) is 7.56. The molecule has 1 aliphatic heterocycles. The largest absolute Gasteiger partial charge is 0.462 e. The van der Waals surface area contributed by atoms with Crippen molar-refractivity contribution in [3.63, 3.8) is 0 Å². The lowest BCUT2D eigenvalue weighted by Crippen LogP contribution is -2.40. The molecule has 0 bridgehead atoms. The van der Waals surface area contributed by atoms with Crippen molar-refractivity contribution in [2.24, 2.45) is 23.7 Å². The molecule has 3 fully saturated rings. The van der Waals surface area contributed by atoms with Gasteiger partial charge in [-0.05, 0) is 67.8 Å². The van der Waals surface area contributed by atoms with Gasteiger partial charge in [-0.15, -0.1) is 0 Å². The highest BCUT2D eigenvalue weighted by Crippen LogP contribution is 2.47. The SMILES string of the molecule is CC1CCC2CC(O)C[CH]C2C1CCC1CC(OCOCc2ccccc2)CC(=O)O1. The van der Waals surface area contributed by atoms with Gasteiger partial charge in [0.15, 0.2) is 0 Å². The van der Waals surface area contributed by atoms with E-state index in [0.29, 0.717) is 36.7 Å². The topological polar surface area (TPSA) is 65.0 Å². The van der Waals surface area contributed by atoms with Crippen LogP contribution in [0.15, 0.2) is 30.3 Å². The van der Waals surface area contributed by atoms with Gasteiger partial charge in [0.25, 0.3) is 0 Å². The zero-order valence-corrected chi connectivity index (χ0v) is 18.7. The average molecular weight is 430 g/mol. The monoisotopic (exact) mass is 429 g/mol. The molecule has 1 heterocycles. The number of ether oxygens (including phenoxy) is 3. The van der Waals surface area contributed by atoms with Crippen molar-refractivity contribution >= 4 is 5.97 Å². The maximum absolute atomic E-state index is 12.1. The summed E-state index contributed by atoms with van der Waals surface area (Å²) in [5.41, 5.74) is 1.11. The Morgan fingerprint density at radius 1 is 1.13 bits per heavy atom. The Balaban J connectivity index is 1.22. The summed E-state index contributed by atoms with van der Waals surface area (Å²) in [6.45, 7) is 3.07. The molecule has 0 amide bonds. The van der Waals surface area contributed by atoms with Crippen molar-refractivity contribution < 1.29 is 24.1 Å². The zero-order chi connectivity index (χ0) is 21.6. The molecule has 0 aromatic heterocycles. The third kappa shape index (κ3) is 6.30. The van der Waals surface area contributed by atoms with Gasteiger partial charge in [-0.3, -0.25) is 4.79 Å². The Hall–Kier alpha value is -1.43. The van der Waals surface area contributed by atoms with E-state index in [1.54, 1.807) is 0 Å². The Labute approximate surface area is 186 Å². The van der Waals surface area contributed by atoms with Crippen LogP contribution in [0.25, 0.3) is 0 Å². The molecule has 1 saturated heterocycles. The van der Waals surface area contributed by atoms with Crippen LogP contribution in [0.5, 0.6) is 0 Å². The Kier molecular flexibility index (Phi) is 8.02. The first-order valence-electron chi connectivity index (χ1n) is 12.0. The summed E-state index contributed by atoms with van der Waals surface area (Å²) < 4.78 is 17.2. The van der Waals surface area contributed by atoms with Crippen LogP contribution in [0, 0.1) is 30.1 Å². The molecule has 171 valence electrons. The van der Waals surface area contributed by atoms with Crippen LogP contribution in [0.1, 0.15) is 63.9 Å². The molecule has 2 aliphatic carbocycles. The van der Waals surface area contributed by atoms with Crippen molar-refractivity contribution in [2.75, 3.05) is 6.79 Å². The van der Waals surface area contributed by atoms with E-state index in [0.717, 1.165) is 37.7 Å². The van der Waals surface area contributed by atoms with Gasteiger partial charge in [0.05, 0.1) is 25.2 Å². The van der Waals surface area contributed by atoms with Gasteiger partial charge in [0.2, 0.25) is 0 Å². The first-order chi connectivity index (χ1) is 15.1. The minimum atomic E-state index is -0.161. The molecule has 5 nitrogen and oxygen atoms in total. The molecule has 0 spiro atoms. The molecule has 5 heteroatoms. The van der Waals surface area contributed by atoms with Crippen molar-refractivity contribution in [2.45, 2.75) is 83.2 Å². The number of carbonyl (C=O) groups excluding carboxylic acids is 1. The van der Waals surface area contributed by atoms with Gasteiger partial charge >= 0.3 is 5.97 Å². The Morgan fingerprint density at radius 2 is 1.97 bits per heavy atom. The lowest BCUT2D eigenvalue weighted by atomic mass is 9.60. The summed E-state index contributed by atoms with van der Waals surface area (Å²) in [4.78, 5) is 12.1. The van der Waals surface area contributed by atoms with E-state index < -0.39 is 0 Å². The van der Waals surface area contributed by atoms with Crippen LogP contribution in [-0.2, 0) is 25.6 Å². The fourth-order valence-corrected chi connectivity index (χ4v) is 5.90. The molecular weight excluding hydrogens is 392 g/mol. The summed E-state index contributed by atoms with van der Waals surface area (Å²) in [5, 5.41) is 10.0. The highest BCUT2D eigenvalue weighted by atomic mass is 16.7. The maximum atomic E-state index is 12.1. The van der Waals surface area contributed by atoms with Crippen LogP contribution >= 0.6 is 0 Å². The predicted octanol–water partition coefficient (Wildman–Crippen LogP) is 4.67. The van der Waals surface area contributed by atoms with E-state index in [2.05, 4.69) is 13.3 Å². The number of esters is 1. The number of fused-ring (bicyclic) bond motifs is 1. The Bertz CT molecular complexity index is 692. The lowest BCUT2D eigenvalue weighted by molar-refractivity contribution is -0.172. The Morgan fingerprint density at radius 3 is 2.81 bits per heavy atom. The zero-order valence-electron chi connectivity index (χ0n) is 18.7. The van der Waals surface area contributed by atoms with E-state index >= 15 is 0 Å². The average Bonchev–Trinajstić information content (AvgIpc) is 2.76. The van der Waals surface area contributed by atoms with Crippen LogP contribution in [-0.4, -0.2) is 36.2 Å². The minimum absolute atomic E-state index is 0.0675. The van der Waals surface area contributed by atoms with E-state index in [-0.39, 0.29) is 31.1 Å². The van der Waals surface area contributed by atoms with Gasteiger partial charge in [0.1, 0.15) is 12.9 Å². The van der Waals surface area contributed by atoms with Gasteiger partial charge in [-0.25, -0.2) is 0 Å². The normalized spacial score (nSPS) is 35.9. The highest BCUT2D eigenvalue weighted by molar-refractivity contribution is 5.71. The molecule has 1 N–H and O–H groups in total. The number of cyclic esters (lactones) is 1. The quantitative estimate of drug-likeness (QED) is 0.370. The second-order valence-electron chi connectivity index (χ2n) is 9.79. The second-order valence-corrected chi connectivity index (χ2v) is 9.79. The number of benzene rings is 1. The number of carbonyl (C=O) groups is 1. The first kappa shape index (κ1) is 22.8. The summed E-state index contributed by atoms with van der Waals surface area (Å²) in [6.07, 6.45) is 9.28. The van der Waals surface area contributed by atoms with Gasteiger partial charge in [-0.2, -0.15) is 0 Å². The van der Waals surface area contributed by atoms with Crippen LogP contribution < -0.4 is 0 Å². The van der Waals surface area contributed by atoms with E-state index in [1.807, 2.05) is 30.3 Å². The number of hydrogen-bond donors (Lipinski definition) is 1. The van der Waals surface area contributed by atoms with E-state index in [1.165, 1.54) is 12.8 Å². The molecular formula is C26H37O5. The summed E-state index contributed by atoms with van der Waals surface area (Å²) in [7, 11) is 0. The van der Waals surface area contributed by atoms with E-state index in [4.69, 9.17) is 14.2 Å². The number of rotatable bonds is 8. The molecule has 7 unspecified atom stereocenters. The van der Waals surface area contributed by atoms with Crippen molar-refractivity contribution in [1.29, 1.82) is 0 Å². The molecule has 1 aromatic carbocycles. The van der Waals surface area contributed by atoms with Crippen molar-refractivity contribution in [3.8, 4) is 0 Å². The highest BCUT2D eigenvalue weighted by Gasteiger charge is 2.41. The molecule has 2 saturated carbocycles. The maximum Gasteiger partial charge on any atom is 0.308 e. The van der Waals surface area contributed by atoms with Gasteiger partial charge < -0.3 is 19.3 Å². The number of hydrogen-bond acceptors (Lipinski definition) is 5. The van der Waals surface area contributed by atoms with Crippen molar-refractivity contribution in [3.05, 3.63) is 42.3 Å². The summed E-state index contributed by atoms with van der Waals surface area (Å²) in [5.74, 6) is 2.37. The fourth-order valence-electron chi connectivity index (χ4n) is 5.90. The standard InChI is InChI=1S/C26H37O5/c1-18-7-8-20-13-21(27)9-11-25(20)24(18)12-10-22-14-23(15-26(28)31-22)30-17-29-16-19-5-3-2-4-6-19/h2-6,11,18,20-25,27H,7-10,12-17H2,1H3. The molecule has 4 rings (SSSR count). The molecule has 1 aromatic rings.